The highest BCUT2D eigenvalue weighted by Crippen LogP contribution is 2.25. The predicted octanol–water partition coefficient (Wildman–Crippen LogP) is 0.0116. The van der Waals surface area contributed by atoms with Gasteiger partial charge in [-0.25, -0.2) is 4.79 Å². The molecule has 0 amide bonds. The van der Waals surface area contributed by atoms with Gasteiger partial charge in [-0.15, -0.1) is 0 Å². The van der Waals surface area contributed by atoms with Crippen molar-refractivity contribution in [1.82, 2.24) is 0 Å². The third kappa shape index (κ3) is 1.43. The second-order valence-electron chi connectivity index (χ2n) is 2.46. The molecule has 0 aliphatic heterocycles. The second-order valence-corrected chi connectivity index (χ2v) is 3.38. The normalized spacial score (nSPS) is 34.6. The summed E-state index contributed by atoms with van der Waals surface area (Å²) in [7, 11) is 0. The van der Waals surface area contributed by atoms with Crippen LogP contribution in [0.25, 0.3) is 0 Å². The maximum atomic E-state index is 10.5. The van der Waals surface area contributed by atoms with E-state index in [1.54, 1.807) is 0 Å². The first-order valence-corrected chi connectivity index (χ1v) is 3.96. The quantitative estimate of drug-likeness (QED) is 0.598. The molecule has 0 saturated heterocycles. The van der Waals surface area contributed by atoms with Crippen molar-refractivity contribution in [2.45, 2.75) is 11.7 Å². The van der Waals surface area contributed by atoms with Gasteiger partial charge in [0.15, 0.2) is 0 Å². The summed E-state index contributed by atoms with van der Waals surface area (Å²) in [6.45, 7) is 0. The fourth-order valence-electron chi connectivity index (χ4n) is 0.862. The molecule has 66 valence electrons. The molecule has 0 aromatic heterocycles. The molecular weight excluding hydrogens is 228 g/mol. The molecule has 12 heavy (non-hydrogen) atoms. The van der Waals surface area contributed by atoms with E-state index in [-0.39, 0.29) is 0 Å². The highest BCUT2D eigenvalue weighted by atomic mass is 79.9. The Morgan fingerprint density at radius 1 is 1.67 bits per heavy atom. The third-order valence-electron chi connectivity index (χ3n) is 1.59. The van der Waals surface area contributed by atoms with Crippen LogP contribution in [0.5, 0.6) is 0 Å². The summed E-state index contributed by atoms with van der Waals surface area (Å²) in [6.07, 6.45) is 2.32. The molecule has 1 rings (SSSR count). The Morgan fingerprint density at radius 3 is 2.67 bits per heavy atom. The SMILES string of the molecule is O=C(O)C1(O)C=C(Br)C=CC1O. The number of aliphatic hydroxyl groups is 2. The fraction of sp³-hybridized carbons (Fsp3) is 0.286. The molecule has 2 atom stereocenters. The van der Waals surface area contributed by atoms with Gasteiger partial charge in [0.2, 0.25) is 5.60 Å². The number of halogens is 1. The van der Waals surface area contributed by atoms with Crippen LogP contribution in [0.15, 0.2) is 22.7 Å². The molecule has 0 spiro atoms. The summed E-state index contributed by atoms with van der Waals surface area (Å²) < 4.78 is 0.428. The number of hydrogen-bond acceptors (Lipinski definition) is 3. The van der Waals surface area contributed by atoms with Gasteiger partial charge >= 0.3 is 5.97 Å². The number of aliphatic hydroxyl groups excluding tert-OH is 1. The number of carboxylic acid groups (broad SMARTS) is 1. The molecule has 5 heteroatoms. The summed E-state index contributed by atoms with van der Waals surface area (Å²) in [6, 6.07) is 0. The van der Waals surface area contributed by atoms with E-state index in [4.69, 9.17) is 10.2 Å². The van der Waals surface area contributed by atoms with Gasteiger partial charge in [0.25, 0.3) is 0 Å². The van der Waals surface area contributed by atoms with Crippen LogP contribution in [-0.4, -0.2) is 33.0 Å². The van der Waals surface area contributed by atoms with Crippen molar-refractivity contribution < 1.29 is 20.1 Å². The zero-order valence-corrected chi connectivity index (χ0v) is 7.52. The molecule has 2 unspecified atom stereocenters. The maximum Gasteiger partial charge on any atom is 0.342 e. The van der Waals surface area contributed by atoms with Gasteiger partial charge in [-0.3, -0.25) is 0 Å². The topological polar surface area (TPSA) is 77.8 Å². The predicted molar refractivity (Wildman–Crippen MR) is 44.7 cm³/mol. The summed E-state index contributed by atoms with van der Waals surface area (Å²) in [5.41, 5.74) is -2.21. The minimum Gasteiger partial charge on any atom is -0.479 e. The standard InChI is InChI=1S/C7H7BrO4/c8-4-1-2-5(9)7(12,3-4)6(10)11/h1-3,5,9,12H,(H,10,11). The summed E-state index contributed by atoms with van der Waals surface area (Å²) in [5, 5.41) is 27.1. The molecule has 3 N–H and O–H groups in total. The van der Waals surface area contributed by atoms with Gasteiger partial charge < -0.3 is 15.3 Å². The average molecular weight is 235 g/mol. The maximum absolute atomic E-state index is 10.5. The Morgan fingerprint density at radius 2 is 2.25 bits per heavy atom. The average Bonchev–Trinajstić information content (AvgIpc) is 1.97. The van der Waals surface area contributed by atoms with Crippen LogP contribution < -0.4 is 0 Å². The van der Waals surface area contributed by atoms with Crippen molar-refractivity contribution in [3.63, 3.8) is 0 Å². The molecule has 1 aliphatic carbocycles. The Kier molecular flexibility index (Phi) is 2.36. The number of rotatable bonds is 1. The number of allylic oxidation sites excluding steroid dienone is 2. The van der Waals surface area contributed by atoms with E-state index in [0.29, 0.717) is 4.48 Å². The number of aliphatic carboxylic acids is 1. The second kappa shape index (κ2) is 3.01. The van der Waals surface area contributed by atoms with Crippen molar-refractivity contribution in [2.24, 2.45) is 0 Å². The lowest BCUT2D eigenvalue weighted by molar-refractivity contribution is -0.160. The van der Waals surface area contributed by atoms with E-state index < -0.39 is 17.7 Å². The van der Waals surface area contributed by atoms with E-state index in [1.165, 1.54) is 12.2 Å². The molecule has 0 aromatic carbocycles. The minimum absolute atomic E-state index is 0.428. The smallest absolute Gasteiger partial charge is 0.342 e. The molecule has 0 heterocycles. The van der Waals surface area contributed by atoms with Crippen molar-refractivity contribution >= 4 is 21.9 Å². The Hall–Kier alpha value is -0.650. The van der Waals surface area contributed by atoms with E-state index in [0.717, 1.165) is 6.08 Å². The van der Waals surface area contributed by atoms with Crippen LogP contribution in [0, 0.1) is 0 Å². The van der Waals surface area contributed by atoms with Gasteiger partial charge in [0.1, 0.15) is 6.10 Å². The fourth-order valence-corrected chi connectivity index (χ4v) is 1.36. The van der Waals surface area contributed by atoms with Crippen LogP contribution in [0.4, 0.5) is 0 Å². The van der Waals surface area contributed by atoms with Gasteiger partial charge in [0, 0.05) is 4.48 Å². The molecule has 1 aliphatic rings. The zero-order valence-electron chi connectivity index (χ0n) is 5.94. The van der Waals surface area contributed by atoms with E-state index >= 15 is 0 Å². The summed E-state index contributed by atoms with van der Waals surface area (Å²) >= 11 is 3.00. The molecule has 0 bridgehead atoms. The molecule has 0 radical (unpaired) electrons. The summed E-state index contributed by atoms with van der Waals surface area (Å²) in [5.74, 6) is -1.48. The third-order valence-corrected chi connectivity index (χ3v) is 2.08. The highest BCUT2D eigenvalue weighted by molar-refractivity contribution is 9.11. The van der Waals surface area contributed by atoms with Crippen LogP contribution in [0.1, 0.15) is 0 Å². The van der Waals surface area contributed by atoms with Crippen molar-refractivity contribution in [2.75, 3.05) is 0 Å². The first kappa shape index (κ1) is 9.44. The van der Waals surface area contributed by atoms with Crippen LogP contribution in [0.3, 0.4) is 0 Å². The highest BCUT2D eigenvalue weighted by Gasteiger charge is 2.41. The lowest BCUT2D eigenvalue weighted by atomic mass is 9.93. The first-order chi connectivity index (χ1) is 5.47. The Labute approximate surface area is 77.0 Å². The molecule has 4 nitrogen and oxygen atoms in total. The minimum atomic E-state index is -2.21. The van der Waals surface area contributed by atoms with Crippen LogP contribution in [0.2, 0.25) is 0 Å². The van der Waals surface area contributed by atoms with Gasteiger partial charge in [0.05, 0.1) is 0 Å². The van der Waals surface area contributed by atoms with Crippen molar-refractivity contribution in [3.8, 4) is 0 Å². The van der Waals surface area contributed by atoms with E-state index in [1.807, 2.05) is 0 Å². The Balaban J connectivity index is 3.05. The van der Waals surface area contributed by atoms with Gasteiger partial charge in [-0.1, -0.05) is 22.0 Å². The largest absolute Gasteiger partial charge is 0.479 e. The van der Waals surface area contributed by atoms with E-state index in [9.17, 15) is 9.90 Å². The van der Waals surface area contributed by atoms with E-state index in [2.05, 4.69) is 15.9 Å². The zero-order chi connectivity index (χ0) is 9.35. The van der Waals surface area contributed by atoms with Crippen LogP contribution >= 0.6 is 15.9 Å². The number of carboxylic acids is 1. The van der Waals surface area contributed by atoms with Gasteiger partial charge in [-0.05, 0) is 12.2 Å². The first-order valence-electron chi connectivity index (χ1n) is 3.17. The number of carbonyl (C=O) groups is 1. The van der Waals surface area contributed by atoms with Crippen molar-refractivity contribution in [1.29, 1.82) is 0 Å². The molecule has 0 aromatic rings. The number of hydrogen-bond donors (Lipinski definition) is 3. The lowest BCUT2D eigenvalue weighted by Crippen LogP contribution is -2.48. The monoisotopic (exact) mass is 234 g/mol. The molecule has 0 saturated carbocycles. The van der Waals surface area contributed by atoms with Crippen molar-refractivity contribution in [3.05, 3.63) is 22.7 Å². The Bertz CT molecular complexity index is 271. The molecular formula is C7H7BrO4. The summed E-state index contributed by atoms with van der Waals surface area (Å²) in [4.78, 5) is 10.5. The lowest BCUT2D eigenvalue weighted by Gasteiger charge is -2.26. The van der Waals surface area contributed by atoms with Crippen LogP contribution in [-0.2, 0) is 4.79 Å². The van der Waals surface area contributed by atoms with Gasteiger partial charge in [-0.2, -0.15) is 0 Å². The molecule has 0 fully saturated rings.